The number of alkyl halides is 6. The highest BCUT2D eigenvalue weighted by molar-refractivity contribution is 7.38. The van der Waals surface area contributed by atoms with Gasteiger partial charge in [-0.3, -0.25) is 0 Å². The van der Waals surface area contributed by atoms with Gasteiger partial charge >= 0.3 is 11.7 Å². The molecule has 1 aromatic carbocycles. The molecule has 132 valence electrons. The van der Waals surface area contributed by atoms with E-state index in [1.165, 1.54) is 0 Å². The molecule has 1 heterocycles. The molecular formula is C15H12F6O2S. The van der Waals surface area contributed by atoms with Gasteiger partial charge in [0.2, 0.25) is 0 Å². The Kier molecular flexibility index (Phi) is 5.12. The zero-order valence-corrected chi connectivity index (χ0v) is 12.9. The summed E-state index contributed by atoms with van der Waals surface area (Å²) in [6, 6.07) is 8.68. The average molecular weight is 370 g/mol. The van der Waals surface area contributed by atoms with Gasteiger partial charge in [-0.1, -0.05) is 18.6 Å². The van der Waals surface area contributed by atoms with Gasteiger partial charge in [0.1, 0.15) is 5.97 Å². The minimum atomic E-state index is -5.19. The standard InChI is InChI=1S/C13H12F3S.C2HF3O2/c14-13(15,16)17-11-7-2-1-4-10(11)8-12(17)9-5-3-6-9;3-2(4,5)1(6)7/h1-2,4,7-9H,3,5-6H2;(H,6,7)/q+1;/p-1. The molecule has 9 heteroatoms. The quantitative estimate of drug-likeness (QED) is 0.542. The molecular weight excluding hydrogens is 358 g/mol. The average Bonchev–Trinajstić information content (AvgIpc) is 2.74. The topological polar surface area (TPSA) is 40.1 Å². The zero-order valence-electron chi connectivity index (χ0n) is 12.1. The molecule has 0 N–H and O–H groups in total. The van der Waals surface area contributed by atoms with Gasteiger partial charge in [0, 0.05) is 17.4 Å². The normalized spacial score (nSPS) is 16.3. The van der Waals surface area contributed by atoms with E-state index in [1.807, 2.05) is 0 Å². The largest absolute Gasteiger partial charge is 0.600 e. The van der Waals surface area contributed by atoms with Crippen LogP contribution in [0.25, 0.3) is 10.1 Å². The molecule has 0 saturated heterocycles. The number of halogens is 6. The Morgan fingerprint density at radius 1 is 1.08 bits per heavy atom. The predicted octanol–water partition coefficient (Wildman–Crippen LogP) is 4.63. The maximum Gasteiger partial charge on any atom is 0.600 e. The number of carbonyl (C=O) groups is 1. The fourth-order valence-electron chi connectivity index (χ4n) is 2.36. The maximum atomic E-state index is 13.2. The number of rotatable bonds is 1. The van der Waals surface area contributed by atoms with Crippen LogP contribution in [-0.2, 0) is 10.3 Å². The van der Waals surface area contributed by atoms with Crippen molar-refractivity contribution in [3.63, 3.8) is 0 Å². The number of hydrogen-bond acceptors (Lipinski definition) is 2. The number of hydrogen-bond donors (Lipinski definition) is 0. The number of aliphatic carboxylic acids is 1. The SMILES string of the molecule is FC(F)(F)[s+]1c(C2CCC2)cc2ccccc21.O=C([O-])C(F)(F)F. The van der Waals surface area contributed by atoms with Gasteiger partial charge in [0.15, 0.2) is 9.58 Å². The van der Waals surface area contributed by atoms with Crippen LogP contribution in [0, 0.1) is 0 Å². The number of carboxylic acids is 1. The highest BCUT2D eigenvalue weighted by Crippen LogP contribution is 2.55. The van der Waals surface area contributed by atoms with E-state index in [4.69, 9.17) is 9.90 Å². The number of carbonyl (C=O) groups excluding carboxylic acids is 1. The molecule has 1 aliphatic carbocycles. The van der Waals surface area contributed by atoms with Crippen molar-refractivity contribution < 1.29 is 36.2 Å². The summed E-state index contributed by atoms with van der Waals surface area (Å²) in [7, 11) is -1.67. The summed E-state index contributed by atoms with van der Waals surface area (Å²) in [5.41, 5.74) is -4.13. The number of fused-ring (bicyclic) bond motifs is 1. The predicted molar refractivity (Wildman–Crippen MR) is 75.4 cm³/mol. The fourth-order valence-corrected chi connectivity index (χ4v) is 4.52. The first-order valence-corrected chi connectivity index (χ1v) is 8.14. The van der Waals surface area contributed by atoms with Crippen LogP contribution in [0.3, 0.4) is 0 Å². The maximum absolute atomic E-state index is 13.2. The Hall–Kier alpha value is -1.77. The third-order valence-corrected chi connectivity index (χ3v) is 5.84. The van der Waals surface area contributed by atoms with Gasteiger partial charge in [-0.2, -0.15) is 13.2 Å². The van der Waals surface area contributed by atoms with Crippen LogP contribution < -0.4 is 5.11 Å². The van der Waals surface area contributed by atoms with Crippen LogP contribution in [0.5, 0.6) is 0 Å². The van der Waals surface area contributed by atoms with Crippen LogP contribution in [0.1, 0.15) is 30.1 Å². The number of benzene rings is 1. The van der Waals surface area contributed by atoms with Crippen LogP contribution in [0.15, 0.2) is 30.3 Å². The monoisotopic (exact) mass is 370 g/mol. The Balaban J connectivity index is 0.000000256. The van der Waals surface area contributed by atoms with Gasteiger partial charge < -0.3 is 9.90 Å². The van der Waals surface area contributed by atoms with Crippen LogP contribution in [0.2, 0.25) is 0 Å². The molecule has 1 atom stereocenters. The second kappa shape index (κ2) is 6.62. The van der Waals surface area contributed by atoms with E-state index in [9.17, 15) is 26.3 Å². The second-order valence-corrected chi connectivity index (χ2v) is 7.24. The molecule has 1 aliphatic rings. The van der Waals surface area contributed by atoms with Gasteiger partial charge in [0.25, 0.3) is 0 Å². The first-order valence-electron chi connectivity index (χ1n) is 6.91. The van der Waals surface area contributed by atoms with Crippen molar-refractivity contribution in [1.29, 1.82) is 0 Å². The molecule has 1 fully saturated rings. The molecule has 1 aromatic heterocycles. The van der Waals surface area contributed by atoms with E-state index in [0.717, 1.165) is 24.6 Å². The first kappa shape index (κ1) is 18.6. The van der Waals surface area contributed by atoms with E-state index in [-0.39, 0.29) is 5.92 Å². The summed E-state index contributed by atoms with van der Waals surface area (Å²) >= 11 is 0. The van der Waals surface area contributed by atoms with Gasteiger partial charge in [-0.25, -0.2) is 0 Å². The zero-order chi connectivity index (χ0) is 18.1. The minimum Gasteiger partial charge on any atom is -0.542 e. The molecule has 1 saturated carbocycles. The molecule has 3 rings (SSSR count). The molecule has 2 nitrogen and oxygen atoms in total. The van der Waals surface area contributed by atoms with E-state index >= 15 is 0 Å². The Morgan fingerprint density at radius 3 is 2.04 bits per heavy atom. The lowest BCUT2D eigenvalue weighted by molar-refractivity contribution is -0.344. The fraction of sp³-hybridized carbons (Fsp3) is 0.400. The summed E-state index contributed by atoms with van der Waals surface area (Å²) in [6.45, 7) is 0. The summed E-state index contributed by atoms with van der Waals surface area (Å²) in [6.07, 6.45) is -2.30. The van der Waals surface area contributed by atoms with Crippen molar-refractivity contribution in [3.05, 3.63) is 35.2 Å². The van der Waals surface area contributed by atoms with Crippen molar-refractivity contribution >= 4 is 26.5 Å². The van der Waals surface area contributed by atoms with E-state index < -0.39 is 28.1 Å². The van der Waals surface area contributed by atoms with Gasteiger partial charge in [-0.15, -0.1) is 13.2 Å². The van der Waals surface area contributed by atoms with Crippen LogP contribution in [-0.4, -0.2) is 12.1 Å². The van der Waals surface area contributed by atoms with Crippen molar-refractivity contribution in [3.8, 4) is 0 Å². The van der Waals surface area contributed by atoms with E-state index in [1.54, 1.807) is 30.3 Å². The van der Waals surface area contributed by atoms with Crippen molar-refractivity contribution in [2.45, 2.75) is 36.9 Å². The molecule has 0 amide bonds. The summed E-state index contributed by atoms with van der Waals surface area (Å²) in [5, 5.41) is 9.54. The summed E-state index contributed by atoms with van der Waals surface area (Å²) in [5.74, 6) is -2.85. The molecule has 0 bridgehead atoms. The Labute approximate surface area is 135 Å². The molecule has 1 unspecified atom stereocenters. The van der Waals surface area contributed by atoms with Crippen molar-refractivity contribution in [2.75, 3.05) is 0 Å². The molecule has 0 radical (unpaired) electrons. The van der Waals surface area contributed by atoms with E-state index in [2.05, 4.69) is 0 Å². The lowest BCUT2D eigenvalue weighted by Gasteiger charge is -2.21. The number of carboxylic acid groups (broad SMARTS) is 1. The summed E-state index contributed by atoms with van der Waals surface area (Å²) in [4.78, 5) is 9.40. The first-order chi connectivity index (χ1) is 11.0. The molecule has 2 aromatic rings. The summed E-state index contributed by atoms with van der Waals surface area (Å²) < 4.78 is 71.6. The third-order valence-electron chi connectivity index (χ3n) is 3.64. The molecule has 0 aliphatic heterocycles. The second-order valence-electron chi connectivity index (χ2n) is 5.25. The Morgan fingerprint density at radius 2 is 1.62 bits per heavy atom. The highest BCUT2D eigenvalue weighted by atomic mass is 32.2. The Bertz CT molecular complexity index is 728. The molecule has 0 spiro atoms. The molecule has 24 heavy (non-hydrogen) atoms. The lowest BCUT2D eigenvalue weighted by atomic mass is 9.84. The minimum absolute atomic E-state index is 0.160. The van der Waals surface area contributed by atoms with E-state index in [0.29, 0.717) is 9.58 Å². The van der Waals surface area contributed by atoms with Crippen molar-refractivity contribution in [1.82, 2.24) is 0 Å². The van der Waals surface area contributed by atoms with Crippen LogP contribution in [0.4, 0.5) is 26.3 Å². The number of thiophene rings is 1. The van der Waals surface area contributed by atoms with Crippen molar-refractivity contribution in [2.24, 2.45) is 0 Å². The smallest absolute Gasteiger partial charge is 0.542 e. The highest BCUT2D eigenvalue weighted by Gasteiger charge is 2.49. The lowest BCUT2D eigenvalue weighted by Crippen LogP contribution is -2.37. The van der Waals surface area contributed by atoms with Crippen LogP contribution >= 0.6 is 10.5 Å². The third kappa shape index (κ3) is 4.00. The van der Waals surface area contributed by atoms with Gasteiger partial charge in [-0.05, 0) is 25.0 Å². The van der Waals surface area contributed by atoms with Gasteiger partial charge in [0.05, 0.1) is 10.5 Å².